The Morgan fingerprint density at radius 1 is 1.20 bits per heavy atom. The minimum Gasteiger partial charge on any atom is -0.496 e. The van der Waals surface area contributed by atoms with Gasteiger partial charge >= 0.3 is 0 Å². The van der Waals surface area contributed by atoms with E-state index in [1.165, 1.54) is 33.5 Å². The Hall–Kier alpha value is -1.96. The standard InChI is InChI=1S/C18H19NO/c1-10-8-15-16(11(2)18(10)20-3)14-9-12-6-4-5-7-13(12)17(14)19-15/h4-8,14,17,19H,9H2,1-3H3/t14-,17-/m1/s1. The molecule has 0 aromatic heterocycles. The van der Waals surface area contributed by atoms with Crippen LogP contribution in [0.4, 0.5) is 5.69 Å². The lowest BCUT2D eigenvalue weighted by Crippen LogP contribution is -2.05. The maximum Gasteiger partial charge on any atom is 0.125 e. The highest BCUT2D eigenvalue weighted by Crippen LogP contribution is 2.54. The minimum atomic E-state index is 0.436. The number of ether oxygens (including phenoxy) is 1. The molecule has 4 rings (SSSR count). The number of anilines is 1. The van der Waals surface area contributed by atoms with Crippen LogP contribution in [0.1, 0.15) is 39.8 Å². The Morgan fingerprint density at radius 3 is 2.80 bits per heavy atom. The van der Waals surface area contributed by atoms with Gasteiger partial charge in [-0.05, 0) is 54.2 Å². The quantitative estimate of drug-likeness (QED) is 0.837. The average Bonchev–Trinajstić information content (AvgIpc) is 2.94. The Balaban J connectivity index is 1.87. The first-order chi connectivity index (χ1) is 9.70. The predicted molar refractivity (Wildman–Crippen MR) is 81.7 cm³/mol. The summed E-state index contributed by atoms with van der Waals surface area (Å²) < 4.78 is 5.60. The van der Waals surface area contributed by atoms with E-state index < -0.39 is 0 Å². The molecule has 102 valence electrons. The number of rotatable bonds is 1. The SMILES string of the molecule is COc1c(C)cc2c(c1C)[C@H]1Cc3ccccc3[C@H]1N2. The molecule has 2 aromatic carbocycles. The van der Waals surface area contributed by atoms with Crippen molar-refractivity contribution in [2.24, 2.45) is 0 Å². The Morgan fingerprint density at radius 2 is 2.00 bits per heavy atom. The molecule has 0 bridgehead atoms. The number of hydrogen-bond donors (Lipinski definition) is 1. The maximum atomic E-state index is 5.60. The summed E-state index contributed by atoms with van der Waals surface area (Å²) in [6.07, 6.45) is 1.13. The van der Waals surface area contributed by atoms with Gasteiger partial charge in [-0.3, -0.25) is 0 Å². The molecule has 2 aromatic rings. The Bertz CT molecular complexity index is 705. The highest BCUT2D eigenvalue weighted by molar-refractivity contribution is 5.70. The molecule has 0 spiro atoms. The largest absolute Gasteiger partial charge is 0.496 e. The van der Waals surface area contributed by atoms with Crippen molar-refractivity contribution in [3.05, 3.63) is 58.1 Å². The zero-order chi connectivity index (χ0) is 13.9. The van der Waals surface area contributed by atoms with Gasteiger partial charge in [0.2, 0.25) is 0 Å². The van der Waals surface area contributed by atoms with Crippen LogP contribution in [0.15, 0.2) is 30.3 Å². The molecule has 1 N–H and O–H groups in total. The second kappa shape index (κ2) is 4.02. The number of fused-ring (bicyclic) bond motifs is 5. The van der Waals surface area contributed by atoms with Gasteiger partial charge < -0.3 is 10.1 Å². The smallest absolute Gasteiger partial charge is 0.125 e. The lowest BCUT2D eigenvalue weighted by atomic mass is 9.90. The summed E-state index contributed by atoms with van der Waals surface area (Å²) in [5.41, 5.74) is 8.21. The van der Waals surface area contributed by atoms with E-state index in [9.17, 15) is 0 Å². The van der Waals surface area contributed by atoms with Gasteiger partial charge in [0.1, 0.15) is 5.75 Å². The van der Waals surface area contributed by atoms with Gasteiger partial charge in [0.05, 0.1) is 13.2 Å². The van der Waals surface area contributed by atoms with Crippen molar-refractivity contribution in [2.75, 3.05) is 12.4 Å². The fraction of sp³-hybridized carbons (Fsp3) is 0.333. The van der Waals surface area contributed by atoms with Crippen LogP contribution in [0.3, 0.4) is 0 Å². The number of benzene rings is 2. The molecule has 1 heterocycles. The normalized spacial score (nSPS) is 21.9. The van der Waals surface area contributed by atoms with E-state index >= 15 is 0 Å². The van der Waals surface area contributed by atoms with E-state index in [0.717, 1.165) is 12.2 Å². The van der Waals surface area contributed by atoms with Gasteiger partial charge in [-0.15, -0.1) is 0 Å². The summed E-state index contributed by atoms with van der Waals surface area (Å²) in [7, 11) is 1.77. The molecule has 0 unspecified atom stereocenters. The van der Waals surface area contributed by atoms with Gasteiger partial charge in [0, 0.05) is 11.6 Å². The molecule has 1 aliphatic heterocycles. The molecule has 2 nitrogen and oxygen atoms in total. The van der Waals surface area contributed by atoms with Gasteiger partial charge in [0.15, 0.2) is 0 Å². The van der Waals surface area contributed by atoms with Crippen molar-refractivity contribution in [2.45, 2.75) is 32.2 Å². The van der Waals surface area contributed by atoms with Crippen LogP contribution in [-0.4, -0.2) is 7.11 Å². The fourth-order valence-corrected chi connectivity index (χ4v) is 4.10. The number of methoxy groups -OCH3 is 1. The van der Waals surface area contributed by atoms with E-state index in [0.29, 0.717) is 12.0 Å². The van der Waals surface area contributed by atoms with E-state index in [1.54, 1.807) is 7.11 Å². The molecule has 2 atom stereocenters. The number of aryl methyl sites for hydroxylation is 1. The zero-order valence-corrected chi connectivity index (χ0v) is 12.2. The zero-order valence-electron chi connectivity index (χ0n) is 12.2. The number of hydrogen-bond acceptors (Lipinski definition) is 2. The molecule has 2 aliphatic rings. The molecular weight excluding hydrogens is 246 g/mol. The van der Waals surface area contributed by atoms with Crippen LogP contribution < -0.4 is 10.1 Å². The lowest BCUT2D eigenvalue weighted by Gasteiger charge is -2.15. The van der Waals surface area contributed by atoms with Crippen LogP contribution in [0.25, 0.3) is 0 Å². The first-order valence-electron chi connectivity index (χ1n) is 7.23. The molecular formula is C18H19NO. The molecule has 1 aliphatic carbocycles. The van der Waals surface area contributed by atoms with Crippen LogP contribution in [0.2, 0.25) is 0 Å². The van der Waals surface area contributed by atoms with E-state index in [-0.39, 0.29) is 0 Å². The van der Waals surface area contributed by atoms with Gasteiger partial charge in [-0.2, -0.15) is 0 Å². The van der Waals surface area contributed by atoms with Crippen LogP contribution in [0.5, 0.6) is 5.75 Å². The highest BCUT2D eigenvalue weighted by Gasteiger charge is 2.41. The van der Waals surface area contributed by atoms with E-state index in [1.807, 2.05) is 0 Å². The number of nitrogens with one attached hydrogen (secondary N) is 1. The molecule has 0 amide bonds. The first kappa shape index (κ1) is 11.8. The highest BCUT2D eigenvalue weighted by atomic mass is 16.5. The average molecular weight is 265 g/mol. The van der Waals surface area contributed by atoms with Gasteiger partial charge in [0.25, 0.3) is 0 Å². The molecule has 0 radical (unpaired) electrons. The third-order valence-electron chi connectivity index (χ3n) is 4.87. The van der Waals surface area contributed by atoms with Crippen molar-refractivity contribution in [1.82, 2.24) is 0 Å². The lowest BCUT2D eigenvalue weighted by molar-refractivity contribution is 0.407. The topological polar surface area (TPSA) is 21.3 Å². The summed E-state index contributed by atoms with van der Waals surface area (Å²) in [4.78, 5) is 0. The monoisotopic (exact) mass is 265 g/mol. The Labute approximate surface area is 119 Å². The summed E-state index contributed by atoms with van der Waals surface area (Å²) in [6, 6.07) is 11.5. The molecule has 0 saturated heterocycles. The molecule has 0 fully saturated rings. The van der Waals surface area contributed by atoms with E-state index in [2.05, 4.69) is 49.5 Å². The second-order valence-corrected chi connectivity index (χ2v) is 5.94. The first-order valence-corrected chi connectivity index (χ1v) is 7.23. The van der Waals surface area contributed by atoms with Crippen molar-refractivity contribution in [1.29, 1.82) is 0 Å². The molecule has 2 heteroatoms. The summed E-state index contributed by atoms with van der Waals surface area (Å²) in [5.74, 6) is 1.60. The van der Waals surface area contributed by atoms with E-state index in [4.69, 9.17) is 4.74 Å². The third kappa shape index (κ3) is 1.39. The second-order valence-electron chi connectivity index (χ2n) is 5.94. The summed E-state index contributed by atoms with van der Waals surface area (Å²) >= 11 is 0. The van der Waals surface area contributed by atoms with Crippen molar-refractivity contribution >= 4 is 5.69 Å². The van der Waals surface area contributed by atoms with Gasteiger partial charge in [-0.25, -0.2) is 0 Å². The Kier molecular flexibility index (Phi) is 2.38. The molecule has 20 heavy (non-hydrogen) atoms. The maximum absolute atomic E-state index is 5.60. The van der Waals surface area contributed by atoms with Crippen LogP contribution in [-0.2, 0) is 6.42 Å². The summed E-state index contributed by atoms with van der Waals surface area (Å²) in [6.45, 7) is 4.31. The molecule has 0 saturated carbocycles. The minimum absolute atomic E-state index is 0.436. The van der Waals surface area contributed by atoms with Crippen LogP contribution in [0, 0.1) is 13.8 Å². The predicted octanol–water partition coefficient (Wildman–Crippen LogP) is 4.12. The summed E-state index contributed by atoms with van der Waals surface area (Å²) in [5, 5.41) is 3.73. The third-order valence-corrected chi connectivity index (χ3v) is 4.87. The van der Waals surface area contributed by atoms with Crippen molar-refractivity contribution in [3.63, 3.8) is 0 Å². The van der Waals surface area contributed by atoms with Crippen molar-refractivity contribution in [3.8, 4) is 5.75 Å². The van der Waals surface area contributed by atoms with Gasteiger partial charge in [-0.1, -0.05) is 24.3 Å². The fourth-order valence-electron chi connectivity index (χ4n) is 4.10. The van der Waals surface area contributed by atoms with Crippen molar-refractivity contribution < 1.29 is 4.74 Å². The van der Waals surface area contributed by atoms with Crippen LogP contribution >= 0.6 is 0 Å².